The Labute approximate surface area is 136 Å². The molecule has 0 aliphatic carbocycles. The molecule has 0 aromatic heterocycles. The Bertz CT molecular complexity index is 149. The third-order valence-electron chi connectivity index (χ3n) is 2.52. The maximum Gasteiger partial charge on any atom is -1.00 e. The zero-order chi connectivity index (χ0) is 10.3. The van der Waals surface area contributed by atoms with Gasteiger partial charge in [-0.3, -0.25) is 0 Å². The van der Waals surface area contributed by atoms with Crippen LogP contribution in [0.15, 0.2) is 0 Å². The van der Waals surface area contributed by atoms with Gasteiger partial charge in [-0.15, -0.1) is 0 Å². The second-order valence-electron chi connectivity index (χ2n) is 4.09. The molecule has 0 spiro atoms. The minimum atomic E-state index is 0. The molecule has 1 heterocycles. The molecule has 0 amide bonds. The van der Waals surface area contributed by atoms with Gasteiger partial charge < -0.3 is 37.2 Å². The summed E-state index contributed by atoms with van der Waals surface area (Å²) in [5, 5.41) is 10.3. The first-order chi connectivity index (χ1) is 6.71. The van der Waals surface area contributed by atoms with Gasteiger partial charge in [0, 0.05) is 0 Å². The third kappa shape index (κ3) is 13.7. The van der Waals surface area contributed by atoms with Gasteiger partial charge in [0.05, 0.1) is 0 Å². The SMILES string of the molecule is C[N+]1([Ti])CCNCCNCCNCC1.[Cl-].[Cl-].[Cl-]. The molecular weight excluding hydrogens is 318 g/mol. The van der Waals surface area contributed by atoms with Gasteiger partial charge in [0.2, 0.25) is 0 Å². The van der Waals surface area contributed by atoms with Gasteiger partial charge in [0.25, 0.3) is 0 Å². The van der Waals surface area contributed by atoms with E-state index in [-0.39, 0.29) is 37.2 Å². The number of hydrogen-bond donors (Lipinski definition) is 3. The molecule has 0 unspecified atom stereocenters. The molecule has 4 nitrogen and oxygen atoms in total. The summed E-state index contributed by atoms with van der Waals surface area (Å²) in [4.78, 5) is 0. The third-order valence-corrected chi connectivity index (χ3v) is 3.22. The molecule has 1 aliphatic heterocycles. The molecule has 0 atom stereocenters. The molecule has 0 aromatic rings. The van der Waals surface area contributed by atoms with E-state index in [2.05, 4.69) is 43.7 Å². The smallest absolute Gasteiger partial charge is 1.00 e. The van der Waals surface area contributed by atoms with E-state index in [1.807, 2.05) is 0 Å². The number of quaternary nitrogens is 1. The van der Waals surface area contributed by atoms with Gasteiger partial charge in [-0.05, 0) is 0 Å². The molecule has 1 saturated heterocycles. The van der Waals surface area contributed by atoms with Crippen molar-refractivity contribution in [3.8, 4) is 0 Å². The van der Waals surface area contributed by atoms with Crippen LogP contribution >= 0.6 is 0 Å². The van der Waals surface area contributed by atoms with Crippen molar-refractivity contribution in [2.75, 3.05) is 59.4 Å². The summed E-state index contributed by atoms with van der Waals surface area (Å²) < 4.78 is 1.10. The first-order valence-corrected chi connectivity index (χ1v) is 6.12. The largest absolute Gasteiger partial charge is 1.00 e. The van der Waals surface area contributed by atoms with Crippen molar-refractivity contribution in [1.29, 1.82) is 0 Å². The molecule has 1 rings (SSSR count). The molecule has 1 aliphatic rings. The van der Waals surface area contributed by atoms with Crippen LogP contribution in [0.3, 0.4) is 0 Å². The van der Waals surface area contributed by atoms with Crippen LogP contribution in [0.4, 0.5) is 0 Å². The van der Waals surface area contributed by atoms with Crippen molar-refractivity contribution in [2.24, 2.45) is 0 Å². The second-order valence-corrected chi connectivity index (χ2v) is 5.78. The Morgan fingerprint density at radius 1 is 0.706 bits per heavy atom. The van der Waals surface area contributed by atoms with E-state index >= 15 is 0 Å². The maximum absolute atomic E-state index is 3.46. The fourth-order valence-electron chi connectivity index (χ4n) is 1.49. The van der Waals surface area contributed by atoms with E-state index in [1.165, 1.54) is 13.1 Å². The Kier molecular flexibility index (Phi) is 19.2. The summed E-state index contributed by atoms with van der Waals surface area (Å²) in [5.74, 6) is 0. The van der Waals surface area contributed by atoms with E-state index < -0.39 is 0 Å². The molecule has 17 heavy (non-hydrogen) atoms. The van der Waals surface area contributed by atoms with Gasteiger partial charge >= 0.3 is 99.0 Å². The van der Waals surface area contributed by atoms with E-state index in [0.29, 0.717) is 0 Å². The molecule has 0 radical (unpaired) electrons. The van der Waals surface area contributed by atoms with Gasteiger partial charge in [-0.1, -0.05) is 0 Å². The average molecular weight is 341 g/mol. The molecule has 1 fully saturated rings. The van der Waals surface area contributed by atoms with Crippen molar-refractivity contribution in [1.82, 2.24) is 16.0 Å². The van der Waals surface area contributed by atoms with Crippen LogP contribution in [-0.2, 0) is 20.7 Å². The normalized spacial score (nSPS) is 21.4. The molecule has 0 aromatic carbocycles. The summed E-state index contributed by atoms with van der Waals surface area (Å²) in [6, 6.07) is 0. The molecule has 8 heteroatoms. The van der Waals surface area contributed by atoms with Crippen LogP contribution in [0, 0.1) is 0 Å². The van der Waals surface area contributed by atoms with Crippen molar-refractivity contribution in [3.63, 3.8) is 0 Å². The molecule has 0 saturated carbocycles. The maximum atomic E-state index is 3.46. The zero-order valence-corrected chi connectivity index (χ0v) is 14.1. The van der Waals surface area contributed by atoms with Crippen LogP contribution in [0.25, 0.3) is 0 Å². The van der Waals surface area contributed by atoms with Crippen molar-refractivity contribution < 1.29 is 60.9 Å². The fourth-order valence-corrected chi connectivity index (χ4v) is 1.84. The quantitative estimate of drug-likeness (QED) is 0.383. The average Bonchev–Trinajstić information content (AvgIpc) is 2.11. The van der Waals surface area contributed by atoms with Gasteiger partial charge in [-0.2, -0.15) is 0 Å². The summed E-state index contributed by atoms with van der Waals surface area (Å²) >= 11 is 2.30. The van der Waals surface area contributed by atoms with Crippen molar-refractivity contribution >= 4 is 0 Å². The predicted octanol–water partition coefficient (Wildman–Crippen LogP) is -10.3. The van der Waals surface area contributed by atoms with E-state index in [9.17, 15) is 0 Å². The van der Waals surface area contributed by atoms with E-state index in [0.717, 1.165) is 42.2 Å². The number of rotatable bonds is 0. The minimum absolute atomic E-state index is 0. The van der Waals surface area contributed by atoms with Crippen LogP contribution in [0.1, 0.15) is 0 Å². The monoisotopic (exact) mass is 339 g/mol. The molecule has 105 valence electrons. The number of halogens is 3. The first kappa shape index (κ1) is 23.5. The van der Waals surface area contributed by atoms with E-state index in [4.69, 9.17) is 0 Å². The second kappa shape index (κ2) is 13.8. The van der Waals surface area contributed by atoms with Gasteiger partial charge in [0.15, 0.2) is 0 Å². The van der Waals surface area contributed by atoms with Gasteiger partial charge in [0.1, 0.15) is 0 Å². The Balaban J connectivity index is -0.000000653. The van der Waals surface area contributed by atoms with E-state index in [1.54, 1.807) is 0 Å². The molecule has 0 bridgehead atoms. The van der Waals surface area contributed by atoms with Crippen LogP contribution < -0.4 is 53.2 Å². The Morgan fingerprint density at radius 2 is 1.00 bits per heavy atom. The predicted molar refractivity (Wildman–Crippen MR) is 54.5 cm³/mol. The zero-order valence-electron chi connectivity index (χ0n) is 10.2. The van der Waals surface area contributed by atoms with Crippen LogP contribution in [0.5, 0.6) is 0 Å². The summed E-state index contributed by atoms with van der Waals surface area (Å²) in [6.07, 6.45) is 0. The summed E-state index contributed by atoms with van der Waals surface area (Å²) in [5.41, 5.74) is 0. The Morgan fingerprint density at radius 3 is 1.35 bits per heavy atom. The minimum Gasteiger partial charge on any atom is -1.00 e. The number of likely N-dealkylation sites (N-methyl/N-ethyl adjacent to an activating group) is 1. The first-order valence-electron chi connectivity index (χ1n) is 5.42. The standard InChI is InChI=1S/C9H22N4.3ClH.Ti/c1-13-8-6-11-4-2-10-3-5-12-7-9-13;;;;/h10-12H,2-9H2,1H3;3*1H;/q;;;;+1/p-3. The van der Waals surface area contributed by atoms with Crippen molar-refractivity contribution in [2.45, 2.75) is 0 Å². The topological polar surface area (TPSA) is 36.1 Å². The fraction of sp³-hybridized carbons (Fsp3) is 1.00. The van der Waals surface area contributed by atoms with Crippen LogP contribution in [-0.4, -0.2) is 62.4 Å². The summed E-state index contributed by atoms with van der Waals surface area (Å²) in [6.45, 7) is 8.98. The number of nitrogens with one attached hydrogen (secondary N) is 3. The van der Waals surface area contributed by atoms with Gasteiger partial charge in [-0.25, -0.2) is 0 Å². The Hall–Kier alpha value is 1.42. The van der Waals surface area contributed by atoms with Crippen molar-refractivity contribution in [3.05, 3.63) is 0 Å². The number of hydrogen-bond acceptors (Lipinski definition) is 3. The molecular formula is C9H22Cl3N4Ti-2. The summed E-state index contributed by atoms with van der Waals surface area (Å²) in [7, 11) is 2.30. The molecule has 3 N–H and O–H groups in total. The number of nitrogens with zero attached hydrogens (tertiary/aromatic N) is 1. The van der Waals surface area contributed by atoms with Crippen LogP contribution in [0.2, 0.25) is 0 Å².